The van der Waals surface area contributed by atoms with Gasteiger partial charge in [0.05, 0.1) is 6.10 Å². The van der Waals surface area contributed by atoms with Crippen molar-refractivity contribution in [1.82, 2.24) is 0 Å². The lowest BCUT2D eigenvalue weighted by Crippen LogP contribution is -2.50. The second-order valence-corrected chi connectivity index (χ2v) is 9.37. The highest BCUT2D eigenvalue weighted by Gasteiger charge is 2.58. The lowest BCUT2D eigenvalue weighted by Gasteiger charge is -2.39. The normalized spacial score (nSPS) is 25.3. The second-order valence-electron chi connectivity index (χ2n) is 9.37. The lowest BCUT2D eigenvalue weighted by molar-refractivity contribution is -0.166. The van der Waals surface area contributed by atoms with Crippen LogP contribution in [0.1, 0.15) is 52.9 Å². The third-order valence-electron chi connectivity index (χ3n) is 6.54. The molecular formula is C25H28O9. The van der Waals surface area contributed by atoms with Crippen molar-refractivity contribution in [2.24, 2.45) is 0 Å². The predicted molar refractivity (Wildman–Crippen MR) is 121 cm³/mol. The number of carbonyl (C=O) groups is 2. The van der Waals surface area contributed by atoms with Gasteiger partial charge in [0.1, 0.15) is 46.5 Å². The Balaban J connectivity index is 1.65. The summed E-state index contributed by atoms with van der Waals surface area (Å²) in [5.74, 6) is -0.885. The van der Waals surface area contributed by atoms with Crippen LogP contribution in [-0.4, -0.2) is 40.5 Å². The first kappa shape index (κ1) is 23.8. The summed E-state index contributed by atoms with van der Waals surface area (Å²) in [7, 11) is 0. The lowest BCUT2D eigenvalue weighted by atomic mass is 9.89. The molecule has 9 nitrogen and oxygen atoms in total. The number of hydrogen-bond acceptors (Lipinski definition) is 9. The number of aromatic hydroxyl groups is 1. The van der Waals surface area contributed by atoms with E-state index in [1.54, 1.807) is 47.6 Å². The Kier molecular flexibility index (Phi) is 5.72. The van der Waals surface area contributed by atoms with Crippen molar-refractivity contribution < 1.29 is 38.1 Å². The molecule has 1 aromatic heterocycles. The van der Waals surface area contributed by atoms with Crippen molar-refractivity contribution in [2.75, 3.05) is 0 Å². The fraction of sp³-hybridized carbons (Fsp3) is 0.480. The monoisotopic (exact) mass is 472 g/mol. The number of hydrogen-bond donors (Lipinski definition) is 1. The molecule has 34 heavy (non-hydrogen) atoms. The summed E-state index contributed by atoms with van der Waals surface area (Å²) < 4.78 is 28.0. The molecule has 2 aromatic rings. The van der Waals surface area contributed by atoms with Crippen LogP contribution in [0.25, 0.3) is 11.0 Å². The van der Waals surface area contributed by atoms with Crippen LogP contribution < -0.4 is 10.2 Å². The van der Waals surface area contributed by atoms with E-state index in [1.165, 1.54) is 12.1 Å². The van der Waals surface area contributed by atoms with Crippen LogP contribution in [-0.2, 0) is 36.8 Å². The van der Waals surface area contributed by atoms with Crippen molar-refractivity contribution in [3.05, 3.63) is 45.3 Å². The van der Waals surface area contributed by atoms with Crippen LogP contribution >= 0.6 is 0 Å². The van der Waals surface area contributed by atoms with Gasteiger partial charge in [-0.05, 0) is 41.5 Å². The number of carbonyl (C=O) groups excluding carboxylic acids is 2. The van der Waals surface area contributed by atoms with Gasteiger partial charge in [0.25, 0.3) is 0 Å². The highest BCUT2D eigenvalue weighted by Crippen LogP contribution is 2.44. The summed E-state index contributed by atoms with van der Waals surface area (Å²) >= 11 is 0. The molecule has 1 saturated heterocycles. The molecule has 2 aliphatic heterocycles. The third kappa shape index (κ3) is 4.04. The van der Waals surface area contributed by atoms with E-state index < -0.39 is 34.7 Å². The van der Waals surface area contributed by atoms with Crippen molar-refractivity contribution in [2.45, 2.75) is 78.0 Å². The molecule has 3 atom stereocenters. The Hall–Kier alpha value is -3.33. The zero-order chi connectivity index (χ0) is 25.0. The van der Waals surface area contributed by atoms with E-state index in [0.717, 1.165) is 0 Å². The largest absolute Gasteiger partial charge is 0.507 e. The van der Waals surface area contributed by atoms with E-state index >= 15 is 0 Å². The van der Waals surface area contributed by atoms with Gasteiger partial charge in [-0.1, -0.05) is 6.08 Å². The number of ether oxygens (including phenoxy) is 4. The molecule has 0 unspecified atom stereocenters. The molecule has 0 amide bonds. The summed E-state index contributed by atoms with van der Waals surface area (Å²) in [5.41, 5.74) is -1.55. The molecule has 0 saturated carbocycles. The zero-order valence-electron chi connectivity index (χ0n) is 20.0. The van der Waals surface area contributed by atoms with Crippen molar-refractivity contribution in [3.8, 4) is 11.5 Å². The maximum absolute atomic E-state index is 12.8. The molecule has 0 radical (unpaired) electrons. The second kappa shape index (κ2) is 8.16. The van der Waals surface area contributed by atoms with E-state index in [9.17, 15) is 19.5 Å². The number of fused-ring (bicyclic) bond motifs is 2. The Morgan fingerprint density at radius 3 is 2.56 bits per heavy atom. The van der Waals surface area contributed by atoms with Crippen molar-refractivity contribution in [1.29, 1.82) is 0 Å². The first-order chi connectivity index (χ1) is 15.9. The number of allylic oxidation sites excluding steroid dienone is 1. The van der Waals surface area contributed by atoms with Crippen LogP contribution in [0.4, 0.5) is 0 Å². The highest BCUT2D eigenvalue weighted by molar-refractivity contribution is 5.88. The number of epoxide rings is 1. The first-order valence-corrected chi connectivity index (χ1v) is 11.1. The Morgan fingerprint density at radius 1 is 1.26 bits per heavy atom. The summed E-state index contributed by atoms with van der Waals surface area (Å²) in [6, 6.07) is 2.69. The summed E-state index contributed by atoms with van der Waals surface area (Å²) in [6.45, 7) is 10.1. The summed E-state index contributed by atoms with van der Waals surface area (Å²) in [4.78, 5) is 37.3. The van der Waals surface area contributed by atoms with Gasteiger partial charge < -0.3 is 28.5 Å². The smallest absolute Gasteiger partial charge is 0.341 e. The molecular weight excluding hydrogens is 444 g/mol. The summed E-state index contributed by atoms with van der Waals surface area (Å²) in [6.07, 6.45) is 0.801. The average Bonchev–Trinajstić information content (AvgIpc) is 3.39. The summed E-state index contributed by atoms with van der Waals surface area (Å²) in [5, 5.41) is 10.9. The van der Waals surface area contributed by atoms with Crippen molar-refractivity contribution in [3.63, 3.8) is 0 Å². The third-order valence-corrected chi connectivity index (χ3v) is 6.54. The number of esters is 2. The maximum Gasteiger partial charge on any atom is 0.341 e. The SMILES string of the molecule is C/C=C(\C)C(=O)OCc1cc(=O)c2c(O)c3c(cc2o1)OC(C)(C)[C@@H](OC(=O)[C@@]1(C)O[C@H]1C)C3. The van der Waals surface area contributed by atoms with Gasteiger partial charge in [-0.25, -0.2) is 9.59 Å². The molecule has 1 N–H and O–H groups in total. The average molecular weight is 472 g/mol. The number of rotatable bonds is 5. The van der Waals surface area contributed by atoms with E-state index in [2.05, 4.69) is 0 Å². The molecule has 1 fully saturated rings. The molecule has 182 valence electrons. The Bertz CT molecular complexity index is 1270. The predicted octanol–water partition coefficient (Wildman–Crippen LogP) is 3.31. The van der Waals surface area contributed by atoms with Gasteiger partial charge in [-0.15, -0.1) is 0 Å². The van der Waals surface area contributed by atoms with Gasteiger partial charge in [0, 0.05) is 29.7 Å². The van der Waals surface area contributed by atoms with Crippen LogP contribution in [0.5, 0.6) is 11.5 Å². The quantitative estimate of drug-likeness (QED) is 0.396. The number of benzene rings is 1. The van der Waals surface area contributed by atoms with E-state index in [-0.39, 0.29) is 41.6 Å². The van der Waals surface area contributed by atoms with Gasteiger partial charge in [0.2, 0.25) is 0 Å². The maximum atomic E-state index is 12.8. The van der Waals surface area contributed by atoms with Gasteiger partial charge in [-0.2, -0.15) is 0 Å². The van der Waals surface area contributed by atoms with Gasteiger partial charge >= 0.3 is 11.9 Å². The van der Waals surface area contributed by atoms with Gasteiger partial charge in [-0.3, -0.25) is 4.79 Å². The van der Waals surface area contributed by atoms with Crippen LogP contribution in [0.15, 0.2) is 33.0 Å². The molecule has 2 aliphatic rings. The molecule has 0 spiro atoms. The van der Waals surface area contributed by atoms with Gasteiger partial charge in [0.15, 0.2) is 11.0 Å². The molecule has 4 rings (SSSR count). The van der Waals surface area contributed by atoms with E-state index in [0.29, 0.717) is 16.9 Å². The van der Waals surface area contributed by atoms with Crippen LogP contribution in [0, 0.1) is 0 Å². The minimum atomic E-state index is -0.992. The number of phenols is 1. The number of phenolic OH excluding ortho intramolecular Hbond substituents is 1. The standard InChI is InChI=1S/C25H28O9/c1-7-12(2)22(28)30-11-14-8-16(26)20-18(31-14)10-17-15(21(20)27)9-19(24(4,5)34-17)32-23(29)25(6)13(3)33-25/h7-8,10,13,19,27H,9,11H2,1-6H3/b12-7+/t13-,19-,25-/m0/s1. The Morgan fingerprint density at radius 2 is 1.94 bits per heavy atom. The zero-order valence-corrected chi connectivity index (χ0v) is 20.0. The van der Waals surface area contributed by atoms with Crippen LogP contribution in [0.2, 0.25) is 0 Å². The van der Waals surface area contributed by atoms with E-state index in [4.69, 9.17) is 23.4 Å². The molecule has 9 heteroatoms. The molecule has 0 bridgehead atoms. The molecule has 3 heterocycles. The van der Waals surface area contributed by atoms with Crippen molar-refractivity contribution >= 4 is 22.9 Å². The fourth-order valence-corrected chi connectivity index (χ4v) is 3.86. The molecule has 0 aliphatic carbocycles. The van der Waals surface area contributed by atoms with E-state index in [1.807, 2.05) is 0 Å². The van der Waals surface area contributed by atoms with Crippen LogP contribution in [0.3, 0.4) is 0 Å². The first-order valence-electron chi connectivity index (χ1n) is 11.1. The topological polar surface area (TPSA) is 125 Å². The fourth-order valence-electron chi connectivity index (χ4n) is 3.86. The molecule has 1 aromatic carbocycles. The Labute approximate surface area is 196 Å². The minimum absolute atomic E-state index is 0.0297. The highest BCUT2D eigenvalue weighted by atomic mass is 16.7. The minimum Gasteiger partial charge on any atom is -0.507 e.